The molecule has 0 bridgehead atoms. The molecule has 0 amide bonds. The van der Waals surface area contributed by atoms with Crippen molar-refractivity contribution in [2.24, 2.45) is 0 Å². The third-order valence-corrected chi connectivity index (χ3v) is 1.87. The van der Waals surface area contributed by atoms with E-state index in [0.29, 0.717) is 4.90 Å². The van der Waals surface area contributed by atoms with E-state index in [1.165, 1.54) is 0 Å². The summed E-state index contributed by atoms with van der Waals surface area (Å²) in [5, 5.41) is 7.42. The summed E-state index contributed by atoms with van der Waals surface area (Å²) < 4.78 is 20.6. The minimum atomic E-state index is -2.09. The van der Waals surface area contributed by atoms with Crippen molar-refractivity contribution >= 4 is 16.7 Å². The number of rotatable bonds is 1. The van der Waals surface area contributed by atoms with Gasteiger partial charge in [0.25, 0.3) is 5.97 Å². The fourth-order valence-electron chi connectivity index (χ4n) is 0.649. The Hall–Kier alpha value is -0.425. The van der Waals surface area contributed by atoms with Crippen LogP contribution in [0.3, 0.4) is 0 Å². The molecular formula is C9H11HgO4S. The maximum Gasteiger partial charge on any atom is 1.00 e. The fourth-order valence-corrected chi connectivity index (χ4v) is 1.01. The second-order valence-corrected chi connectivity index (χ2v) is 3.51. The van der Waals surface area contributed by atoms with Gasteiger partial charge in [-0.25, -0.2) is 0 Å². The molecule has 1 N–H and O–H groups in total. The Balaban J connectivity index is 0. The molecule has 1 radical (unpaired) electrons. The van der Waals surface area contributed by atoms with Crippen LogP contribution in [0.5, 0.6) is 0 Å². The number of carboxylic acid groups (broad SMARTS) is 1. The Kier molecular flexibility index (Phi) is 10.0. The first kappa shape index (κ1) is 17.0. The molecule has 1 aromatic rings. The van der Waals surface area contributed by atoms with Gasteiger partial charge in [-0.3, -0.25) is 4.79 Å². The monoisotopic (exact) mass is 417 g/mol. The molecule has 15 heavy (non-hydrogen) atoms. The molecule has 0 atom stereocenters. The largest absolute Gasteiger partial charge is 1.00 e. The first-order valence-corrected chi connectivity index (χ1v) is 4.86. The van der Waals surface area contributed by atoms with Gasteiger partial charge in [0.05, 0.1) is 0 Å². The van der Waals surface area contributed by atoms with E-state index in [0.717, 1.165) is 12.5 Å². The molecule has 1 aromatic carbocycles. The van der Waals surface area contributed by atoms with Crippen molar-refractivity contribution in [1.29, 1.82) is 0 Å². The normalized spacial score (nSPS) is 8.47. The van der Waals surface area contributed by atoms with Crippen LogP contribution in [0, 0.1) is 6.92 Å². The van der Waals surface area contributed by atoms with Crippen LogP contribution in [-0.4, -0.2) is 11.1 Å². The SMILES string of the molecule is CC(=O)O.Cc1ccc([S-](=O)=O)cc1.[Hg+]. The molecule has 4 nitrogen and oxygen atoms in total. The molecule has 0 unspecified atom stereocenters. The maximum atomic E-state index is 10.3. The number of aryl methyl sites for hydroxylation is 1. The van der Waals surface area contributed by atoms with Gasteiger partial charge in [0.2, 0.25) is 0 Å². The van der Waals surface area contributed by atoms with E-state index >= 15 is 0 Å². The second-order valence-electron chi connectivity index (χ2n) is 2.57. The smallest absolute Gasteiger partial charge is 0.481 e. The molecular weight excluding hydrogens is 405 g/mol. The van der Waals surface area contributed by atoms with Crippen molar-refractivity contribution in [3.63, 3.8) is 0 Å². The van der Waals surface area contributed by atoms with Gasteiger partial charge in [0.1, 0.15) is 0 Å². The zero-order valence-electron chi connectivity index (χ0n) is 8.60. The van der Waals surface area contributed by atoms with Gasteiger partial charge in [-0.1, -0.05) is 34.7 Å². The van der Waals surface area contributed by atoms with Crippen LogP contribution in [0.1, 0.15) is 12.5 Å². The molecule has 79 valence electrons. The minimum Gasteiger partial charge on any atom is -0.481 e. The standard InChI is InChI=1S/C7H7O2S.C2H4O2.Hg/c1-6-2-4-7(5-3-6)10(8)9;1-2(3)4;/h2-5H,1H3;1H3,(H,3,4);/q-1;;+1. The number of hydrogen-bond acceptors (Lipinski definition) is 4. The number of benzene rings is 1. The predicted molar refractivity (Wildman–Crippen MR) is 51.5 cm³/mol. The molecule has 0 aliphatic rings. The van der Waals surface area contributed by atoms with Crippen molar-refractivity contribution in [3.05, 3.63) is 29.8 Å². The van der Waals surface area contributed by atoms with E-state index in [1.54, 1.807) is 24.3 Å². The van der Waals surface area contributed by atoms with Crippen LogP contribution in [0.2, 0.25) is 0 Å². The molecule has 0 spiro atoms. The molecule has 0 aliphatic heterocycles. The van der Waals surface area contributed by atoms with Gasteiger partial charge in [-0.05, 0) is 17.6 Å². The molecule has 0 aliphatic carbocycles. The van der Waals surface area contributed by atoms with E-state index in [-0.39, 0.29) is 27.7 Å². The number of carbonyl (C=O) groups is 1. The van der Waals surface area contributed by atoms with Gasteiger partial charge < -0.3 is 13.5 Å². The van der Waals surface area contributed by atoms with E-state index in [2.05, 4.69) is 0 Å². The Morgan fingerprint density at radius 1 is 1.20 bits per heavy atom. The Morgan fingerprint density at radius 2 is 1.53 bits per heavy atom. The van der Waals surface area contributed by atoms with Crippen molar-refractivity contribution in [2.75, 3.05) is 0 Å². The zero-order valence-corrected chi connectivity index (χ0v) is 14.9. The number of aliphatic carboxylic acids is 1. The van der Waals surface area contributed by atoms with E-state index < -0.39 is 16.7 Å². The first-order chi connectivity index (χ1) is 6.43. The summed E-state index contributed by atoms with van der Waals surface area (Å²) in [6, 6.07) is 6.70. The second kappa shape index (κ2) is 8.85. The van der Waals surface area contributed by atoms with Crippen LogP contribution >= 0.6 is 0 Å². The molecule has 0 aromatic heterocycles. The number of hydrogen-bond donors (Lipinski definition) is 1. The maximum absolute atomic E-state index is 10.3. The summed E-state index contributed by atoms with van der Waals surface area (Å²) in [5.74, 6) is -0.833. The summed E-state index contributed by atoms with van der Waals surface area (Å²) in [7, 11) is -2.09. The van der Waals surface area contributed by atoms with Crippen LogP contribution in [0.25, 0.3) is 0 Å². The van der Waals surface area contributed by atoms with Crippen LogP contribution < -0.4 is 0 Å². The Bertz CT molecular complexity index is 358. The molecule has 0 saturated carbocycles. The fraction of sp³-hybridized carbons (Fsp3) is 0.222. The Labute approximate surface area is 111 Å². The summed E-state index contributed by atoms with van der Waals surface area (Å²) in [6.07, 6.45) is 0. The third kappa shape index (κ3) is 9.87. The van der Waals surface area contributed by atoms with Crippen molar-refractivity contribution in [1.82, 2.24) is 0 Å². The summed E-state index contributed by atoms with van der Waals surface area (Å²) >= 11 is 0. The van der Waals surface area contributed by atoms with E-state index in [1.807, 2.05) is 6.92 Å². The third-order valence-electron chi connectivity index (χ3n) is 1.21. The average molecular weight is 416 g/mol. The summed E-state index contributed by atoms with van der Waals surface area (Å²) in [4.78, 5) is 9.34. The molecule has 0 saturated heterocycles. The van der Waals surface area contributed by atoms with Crippen LogP contribution in [-0.2, 0) is 51.6 Å². The Morgan fingerprint density at radius 3 is 1.80 bits per heavy atom. The van der Waals surface area contributed by atoms with Gasteiger partial charge >= 0.3 is 27.7 Å². The zero-order chi connectivity index (χ0) is 11.1. The molecule has 6 heteroatoms. The van der Waals surface area contributed by atoms with E-state index in [4.69, 9.17) is 9.90 Å². The quantitative estimate of drug-likeness (QED) is 0.560. The summed E-state index contributed by atoms with van der Waals surface area (Å²) in [5.41, 5.74) is 1.06. The van der Waals surface area contributed by atoms with Gasteiger partial charge in [0, 0.05) is 6.92 Å². The van der Waals surface area contributed by atoms with Gasteiger partial charge in [-0.15, -0.1) is 0 Å². The predicted octanol–water partition coefficient (Wildman–Crippen LogP) is 1.75. The van der Waals surface area contributed by atoms with Gasteiger partial charge in [0.15, 0.2) is 0 Å². The topological polar surface area (TPSA) is 71.4 Å². The minimum absolute atomic E-state index is 0. The van der Waals surface area contributed by atoms with Crippen LogP contribution in [0.4, 0.5) is 0 Å². The van der Waals surface area contributed by atoms with Crippen molar-refractivity contribution < 1.29 is 46.0 Å². The van der Waals surface area contributed by atoms with Gasteiger partial charge in [-0.2, -0.15) is 0 Å². The molecule has 0 heterocycles. The van der Waals surface area contributed by atoms with Crippen molar-refractivity contribution in [3.8, 4) is 0 Å². The average Bonchev–Trinajstić information content (AvgIpc) is 2.03. The van der Waals surface area contributed by atoms with Crippen LogP contribution in [0.15, 0.2) is 29.2 Å². The summed E-state index contributed by atoms with van der Waals surface area (Å²) in [6.45, 7) is 3.00. The van der Waals surface area contributed by atoms with Crippen molar-refractivity contribution in [2.45, 2.75) is 18.7 Å². The molecule has 1 rings (SSSR count). The van der Waals surface area contributed by atoms with E-state index in [9.17, 15) is 8.42 Å². The number of carboxylic acids is 1. The molecule has 0 fully saturated rings. The first-order valence-electron chi connectivity index (χ1n) is 3.79.